The number of rotatable bonds is 4. The van der Waals surface area contributed by atoms with Crippen LogP contribution in [0.25, 0.3) is 77.3 Å². The minimum Gasteiger partial charge on any atom is -0.228 e. The molecule has 1 aliphatic heterocycles. The molecule has 8 aromatic carbocycles. The van der Waals surface area contributed by atoms with E-state index in [4.69, 9.17) is 9.97 Å². The lowest BCUT2D eigenvalue weighted by atomic mass is 9.93. The highest BCUT2D eigenvalue weighted by atomic mass is 32.2. The fraction of sp³-hybridized carbons (Fsp3) is 0. The van der Waals surface area contributed by atoms with Crippen molar-refractivity contribution in [1.82, 2.24) is 9.97 Å². The monoisotopic (exact) mass is 672 g/mol. The minimum absolute atomic E-state index is 0.717. The van der Waals surface area contributed by atoms with Gasteiger partial charge >= 0.3 is 0 Å². The van der Waals surface area contributed by atoms with E-state index in [2.05, 4.69) is 170 Å². The van der Waals surface area contributed by atoms with E-state index in [0.717, 1.165) is 28.1 Å². The first-order valence-electron chi connectivity index (χ1n) is 16.7. The van der Waals surface area contributed by atoms with Crippen LogP contribution in [0.4, 0.5) is 0 Å². The van der Waals surface area contributed by atoms with E-state index >= 15 is 0 Å². The fourth-order valence-electron chi connectivity index (χ4n) is 7.07. The first kappa shape index (κ1) is 29.3. The van der Waals surface area contributed by atoms with E-state index in [1.54, 1.807) is 0 Å². The van der Waals surface area contributed by atoms with Crippen LogP contribution in [0.1, 0.15) is 0 Å². The molecule has 0 amide bonds. The van der Waals surface area contributed by atoms with Crippen LogP contribution in [0, 0.1) is 0 Å². The zero-order chi connectivity index (χ0) is 33.0. The van der Waals surface area contributed by atoms with Crippen molar-refractivity contribution < 1.29 is 0 Å². The zero-order valence-corrected chi connectivity index (χ0v) is 28.5. The Morgan fingerprint density at radius 3 is 1.42 bits per heavy atom. The zero-order valence-electron chi connectivity index (χ0n) is 26.9. The SMILES string of the molecule is c1ccc(-c2ccc(-c3cc(-c4ccc5c(c4)Sc4ccccc4S5)nc(-c4ccc5c6ccccc6c6ccccc6c5c4)n3)cc2)cc1. The van der Waals surface area contributed by atoms with Crippen LogP contribution in [0.3, 0.4) is 0 Å². The molecule has 0 unspecified atom stereocenters. The molecule has 50 heavy (non-hydrogen) atoms. The van der Waals surface area contributed by atoms with Crippen LogP contribution in [0.15, 0.2) is 189 Å². The van der Waals surface area contributed by atoms with Crippen molar-refractivity contribution in [2.24, 2.45) is 0 Å². The lowest BCUT2D eigenvalue weighted by Crippen LogP contribution is -1.97. The molecule has 0 atom stereocenters. The van der Waals surface area contributed by atoms with E-state index in [1.165, 1.54) is 63.0 Å². The molecule has 0 radical (unpaired) electrons. The van der Waals surface area contributed by atoms with Crippen LogP contribution < -0.4 is 0 Å². The number of hydrogen-bond acceptors (Lipinski definition) is 4. The Morgan fingerprint density at radius 1 is 0.280 bits per heavy atom. The molecule has 0 spiro atoms. The molecular weight excluding hydrogens is 645 g/mol. The van der Waals surface area contributed by atoms with Gasteiger partial charge in [0.1, 0.15) is 0 Å². The summed E-state index contributed by atoms with van der Waals surface area (Å²) in [5.41, 5.74) is 7.33. The van der Waals surface area contributed by atoms with Crippen LogP contribution >= 0.6 is 23.5 Å². The maximum Gasteiger partial charge on any atom is 0.160 e. The van der Waals surface area contributed by atoms with Crippen molar-refractivity contribution >= 4 is 55.8 Å². The van der Waals surface area contributed by atoms with Crippen LogP contribution in [0.5, 0.6) is 0 Å². The predicted octanol–water partition coefficient (Wildman–Crippen LogP) is 13.2. The standard InChI is InChI=1S/C46H28N2S2/c1-2-10-29(11-3-1)30-18-20-31(21-19-30)40-28-41(32-23-25-44-45(27-32)50-43-17-9-8-16-42(43)49-44)48-46(47-40)33-22-24-38-36-14-5-4-12-34(36)35-13-6-7-15-37(35)39(38)26-33/h1-28H. The molecule has 1 aromatic heterocycles. The Bertz CT molecular complexity index is 2720. The average molecular weight is 673 g/mol. The lowest BCUT2D eigenvalue weighted by Gasteiger charge is -2.19. The van der Waals surface area contributed by atoms with Gasteiger partial charge in [0.25, 0.3) is 0 Å². The molecule has 0 fully saturated rings. The molecule has 0 saturated carbocycles. The van der Waals surface area contributed by atoms with Gasteiger partial charge in [0, 0.05) is 36.3 Å². The maximum atomic E-state index is 5.28. The second-order valence-electron chi connectivity index (χ2n) is 12.6. The largest absolute Gasteiger partial charge is 0.228 e. The summed E-state index contributed by atoms with van der Waals surface area (Å²) in [5.74, 6) is 0.717. The van der Waals surface area contributed by atoms with Crippen LogP contribution in [-0.2, 0) is 0 Å². The third-order valence-corrected chi connectivity index (χ3v) is 12.1. The maximum absolute atomic E-state index is 5.28. The van der Waals surface area contributed by atoms with Crippen molar-refractivity contribution in [3.05, 3.63) is 170 Å². The first-order chi connectivity index (χ1) is 24.7. The normalized spacial score (nSPS) is 12.2. The van der Waals surface area contributed by atoms with Gasteiger partial charge in [0.2, 0.25) is 0 Å². The molecule has 2 heterocycles. The molecule has 9 aromatic rings. The van der Waals surface area contributed by atoms with E-state index in [9.17, 15) is 0 Å². The number of hydrogen-bond donors (Lipinski definition) is 0. The quantitative estimate of drug-likeness (QED) is 0.174. The third-order valence-electron chi connectivity index (χ3n) is 9.54. The van der Waals surface area contributed by atoms with Gasteiger partial charge in [-0.2, -0.15) is 0 Å². The molecule has 0 aliphatic carbocycles. The molecule has 234 valence electrons. The molecular formula is C46H28N2S2. The fourth-order valence-corrected chi connectivity index (χ4v) is 9.32. The van der Waals surface area contributed by atoms with E-state index in [1.807, 2.05) is 23.5 Å². The summed E-state index contributed by atoms with van der Waals surface area (Å²) in [5, 5.41) is 7.47. The summed E-state index contributed by atoms with van der Waals surface area (Å²) in [4.78, 5) is 15.7. The Hall–Kier alpha value is -5.68. The van der Waals surface area contributed by atoms with Crippen molar-refractivity contribution in [1.29, 1.82) is 0 Å². The van der Waals surface area contributed by atoms with E-state index < -0.39 is 0 Å². The van der Waals surface area contributed by atoms with E-state index in [0.29, 0.717) is 5.82 Å². The Balaban J connectivity index is 1.14. The summed E-state index contributed by atoms with van der Waals surface area (Å²) >= 11 is 3.67. The molecule has 1 aliphatic rings. The van der Waals surface area contributed by atoms with Gasteiger partial charge in [-0.05, 0) is 79.8 Å². The van der Waals surface area contributed by atoms with Crippen molar-refractivity contribution in [2.75, 3.05) is 0 Å². The van der Waals surface area contributed by atoms with Crippen LogP contribution in [-0.4, -0.2) is 9.97 Å². The van der Waals surface area contributed by atoms with Crippen molar-refractivity contribution in [3.8, 4) is 45.0 Å². The second-order valence-corrected chi connectivity index (χ2v) is 14.7. The first-order valence-corrected chi connectivity index (χ1v) is 18.4. The summed E-state index contributed by atoms with van der Waals surface area (Å²) in [6.45, 7) is 0. The molecule has 0 bridgehead atoms. The van der Waals surface area contributed by atoms with Gasteiger partial charge in [0.05, 0.1) is 11.4 Å². The van der Waals surface area contributed by atoms with Crippen molar-refractivity contribution in [3.63, 3.8) is 0 Å². The lowest BCUT2D eigenvalue weighted by molar-refractivity contribution is 1.15. The summed E-state index contributed by atoms with van der Waals surface area (Å²) in [7, 11) is 0. The van der Waals surface area contributed by atoms with Gasteiger partial charge in [-0.3, -0.25) is 0 Å². The topological polar surface area (TPSA) is 25.8 Å². The summed E-state index contributed by atoms with van der Waals surface area (Å²) in [6, 6.07) is 60.8. The number of nitrogens with zero attached hydrogens (tertiary/aromatic N) is 2. The van der Waals surface area contributed by atoms with Gasteiger partial charge in [-0.1, -0.05) is 157 Å². The number of aromatic nitrogens is 2. The molecule has 4 heteroatoms. The molecule has 0 saturated heterocycles. The molecule has 2 nitrogen and oxygen atoms in total. The average Bonchev–Trinajstić information content (AvgIpc) is 3.20. The van der Waals surface area contributed by atoms with Gasteiger partial charge in [-0.25, -0.2) is 9.97 Å². The summed E-state index contributed by atoms with van der Waals surface area (Å²) < 4.78 is 0. The third kappa shape index (κ3) is 5.08. The molecule has 10 rings (SSSR count). The highest BCUT2D eigenvalue weighted by molar-refractivity contribution is 8.05. The van der Waals surface area contributed by atoms with E-state index in [-0.39, 0.29) is 0 Å². The second kappa shape index (κ2) is 12.0. The Labute approximate surface area is 298 Å². The number of fused-ring (bicyclic) bond motifs is 8. The Kier molecular flexibility index (Phi) is 7.04. The summed E-state index contributed by atoms with van der Waals surface area (Å²) in [6.07, 6.45) is 0. The molecule has 0 N–H and O–H groups in total. The highest BCUT2D eigenvalue weighted by Gasteiger charge is 2.19. The van der Waals surface area contributed by atoms with Crippen LogP contribution in [0.2, 0.25) is 0 Å². The highest BCUT2D eigenvalue weighted by Crippen LogP contribution is 2.49. The number of benzene rings is 8. The predicted molar refractivity (Wildman–Crippen MR) is 211 cm³/mol. The van der Waals surface area contributed by atoms with Gasteiger partial charge < -0.3 is 0 Å². The minimum atomic E-state index is 0.717. The van der Waals surface area contributed by atoms with Gasteiger partial charge in [-0.15, -0.1) is 0 Å². The van der Waals surface area contributed by atoms with Crippen molar-refractivity contribution in [2.45, 2.75) is 19.6 Å². The smallest absolute Gasteiger partial charge is 0.160 e. The Morgan fingerprint density at radius 2 is 0.740 bits per heavy atom. The van der Waals surface area contributed by atoms with Gasteiger partial charge in [0.15, 0.2) is 5.82 Å².